The molecule has 0 aliphatic carbocycles. The fourth-order valence-corrected chi connectivity index (χ4v) is 3.30. The first kappa shape index (κ1) is 23.8. The Hall–Kier alpha value is -3.81. The predicted molar refractivity (Wildman–Crippen MR) is 130 cm³/mol. The molecule has 0 saturated heterocycles. The Bertz CT molecular complexity index is 1050. The smallest absolute Gasteiger partial charge is 0.359 e. The first-order valence-corrected chi connectivity index (χ1v) is 11.1. The van der Waals surface area contributed by atoms with E-state index in [0.717, 1.165) is 24.1 Å². The van der Waals surface area contributed by atoms with Crippen LogP contribution in [0.5, 0.6) is 0 Å². The van der Waals surface area contributed by atoms with Crippen LogP contribution in [-0.2, 0) is 11.2 Å². The molecule has 0 radical (unpaired) electrons. The van der Waals surface area contributed by atoms with E-state index < -0.39 is 12.0 Å². The van der Waals surface area contributed by atoms with Crippen molar-refractivity contribution in [1.82, 2.24) is 14.9 Å². The van der Waals surface area contributed by atoms with Crippen molar-refractivity contribution in [2.24, 2.45) is 0 Å². The second-order valence-corrected chi connectivity index (χ2v) is 7.78. The molecule has 0 aliphatic heterocycles. The Labute approximate surface area is 194 Å². The van der Waals surface area contributed by atoms with Crippen LogP contribution in [0.25, 0.3) is 5.69 Å². The molecule has 174 valence electrons. The molecule has 1 aromatic heterocycles. The Morgan fingerprint density at radius 1 is 1.03 bits per heavy atom. The summed E-state index contributed by atoms with van der Waals surface area (Å²) in [6, 6.07) is 18.9. The number of esters is 1. The third kappa shape index (κ3) is 6.35. The molecular weight excluding hydrogens is 418 g/mol. The van der Waals surface area contributed by atoms with E-state index in [9.17, 15) is 9.59 Å². The van der Waals surface area contributed by atoms with Crippen LogP contribution >= 0.6 is 0 Å². The minimum atomic E-state index is -0.535. The van der Waals surface area contributed by atoms with Crippen molar-refractivity contribution < 1.29 is 14.3 Å². The second kappa shape index (κ2) is 11.7. The van der Waals surface area contributed by atoms with Gasteiger partial charge in [-0.3, -0.25) is 9.88 Å². The van der Waals surface area contributed by atoms with Gasteiger partial charge in [0.1, 0.15) is 0 Å². The molecular formula is C25H31N5O3. The molecule has 8 heteroatoms. The number of carbonyl (C=O) groups is 2. The Balaban J connectivity index is 1.86. The van der Waals surface area contributed by atoms with Gasteiger partial charge in [0.15, 0.2) is 11.5 Å². The maximum Gasteiger partial charge on any atom is 0.359 e. The summed E-state index contributed by atoms with van der Waals surface area (Å²) in [5.41, 5.74) is 2.05. The number of nitrogens with zero attached hydrogens (tertiary/aromatic N) is 3. The minimum Gasteiger partial charge on any atom is -0.461 e. The van der Waals surface area contributed by atoms with Gasteiger partial charge in [0.25, 0.3) is 0 Å². The fourth-order valence-electron chi connectivity index (χ4n) is 3.30. The quantitative estimate of drug-likeness (QED) is 0.357. The van der Waals surface area contributed by atoms with E-state index >= 15 is 0 Å². The molecule has 0 unspecified atom stereocenters. The summed E-state index contributed by atoms with van der Waals surface area (Å²) >= 11 is 0. The molecule has 0 aliphatic rings. The van der Waals surface area contributed by atoms with Gasteiger partial charge in [-0.05, 0) is 30.5 Å². The Morgan fingerprint density at radius 3 is 2.33 bits per heavy atom. The molecule has 0 saturated carbocycles. The van der Waals surface area contributed by atoms with Crippen LogP contribution in [0.4, 0.5) is 16.6 Å². The molecule has 2 aromatic carbocycles. The van der Waals surface area contributed by atoms with Gasteiger partial charge in [0.05, 0.1) is 6.61 Å². The SMILES string of the molecule is CCCCOC(=O)c1c(NC(=O)NCCc2ccccc2)nc(N(C)C)n1-c1ccccc1. The second-order valence-electron chi connectivity index (χ2n) is 7.78. The van der Waals surface area contributed by atoms with Crippen LogP contribution in [0.15, 0.2) is 60.7 Å². The number of nitrogens with one attached hydrogen (secondary N) is 2. The monoisotopic (exact) mass is 449 g/mol. The molecule has 0 atom stereocenters. The lowest BCUT2D eigenvalue weighted by Gasteiger charge is -2.16. The summed E-state index contributed by atoms with van der Waals surface area (Å²) in [4.78, 5) is 32.0. The number of hydrogen-bond donors (Lipinski definition) is 2. The van der Waals surface area contributed by atoms with Crippen LogP contribution in [0.3, 0.4) is 0 Å². The highest BCUT2D eigenvalue weighted by Crippen LogP contribution is 2.28. The summed E-state index contributed by atoms with van der Waals surface area (Å²) in [5, 5.41) is 5.57. The largest absolute Gasteiger partial charge is 0.461 e. The van der Waals surface area contributed by atoms with Crippen LogP contribution in [0.2, 0.25) is 0 Å². The molecule has 0 fully saturated rings. The number of urea groups is 1. The first-order valence-electron chi connectivity index (χ1n) is 11.1. The van der Waals surface area contributed by atoms with E-state index in [4.69, 9.17) is 4.74 Å². The highest BCUT2D eigenvalue weighted by molar-refractivity contribution is 6.00. The Kier molecular flexibility index (Phi) is 8.46. The average Bonchev–Trinajstić information content (AvgIpc) is 3.20. The number of hydrogen-bond acceptors (Lipinski definition) is 5. The third-order valence-electron chi connectivity index (χ3n) is 4.97. The maximum atomic E-state index is 13.1. The van der Waals surface area contributed by atoms with E-state index in [2.05, 4.69) is 15.6 Å². The van der Waals surface area contributed by atoms with Crippen LogP contribution in [-0.4, -0.2) is 48.8 Å². The van der Waals surface area contributed by atoms with E-state index in [-0.39, 0.29) is 11.5 Å². The number of imidazole rings is 1. The van der Waals surface area contributed by atoms with Crippen LogP contribution in [0, 0.1) is 0 Å². The normalized spacial score (nSPS) is 10.5. The Morgan fingerprint density at radius 2 is 1.70 bits per heavy atom. The number of benzene rings is 2. The number of anilines is 2. The number of aromatic nitrogens is 2. The molecule has 2 N–H and O–H groups in total. The number of rotatable bonds is 10. The van der Waals surface area contributed by atoms with Gasteiger partial charge < -0.3 is 15.0 Å². The average molecular weight is 450 g/mol. The molecule has 3 rings (SSSR count). The standard InChI is InChI=1S/C25H31N5O3/c1-4-5-18-33-23(31)21-22(27-24(32)26-17-16-19-12-8-6-9-13-19)28-25(29(2)3)30(21)20-14-10-7-11-15-20/h6-15H,4-5,16-18H2,1-3H3,(H2,26,27,32). The van der Waals surface area contributed by atoms with Crippen molar-refractivity contribution in [2.45, 2.75) is 26.2 Å². The molecule has 8 nitrogen and oxygen atoms in total. The third-order valence-corrected chi connectivity index (χ3v) is 4.97. The molecule has 0 bridgehead atoms. The number of unbranched alkanes of at least 4 members (excludes halogenated alkanes) is 1. The topological polar surface area (TPSA) is 88.5 Å². The van der Waals surface area contributed by atoms with E-state index in [1.807, 2.05) is 81.7 Å². The van der Waals surface area contributed by atoms with Gasteiger partial charge in [-0.1, -0.05) is 61.9 Å². The zero-order valence-electron chi connectivity index (χ0n) is 19.4. The number of amides is 2. The predicted octanol–water partition coefficient (Wildman–Crippen LogP) is 4.26. The zero-order chi connectivity index (χ0) is 23.6. The number of ether oxygens (including phenoxy) is 1. The van der Waals surface area contributed by atoms with E-state index in [0.29, 0.717) is 25.5 Å². The van der Waals surface area contributed by atoms with Gasteiger partial charge in [0.2, 0.25) is 5.95 Å². The van der Waals surface area contributed by atoms with Gasteiger partial charge in [-0.15, -0.1) is 0 Å². The number of carbonyl (C=O) groups excluding carboxylic acids is 2. The minimum absolute atomic E-state index is 0.154. The molecule has 3 aromatic rings. The summed E-state index contributed by atoms with van der Waals surface area (Å²) < 4.78 is 7.20. The van der Waals surface area contributed by atoms with E-state index in [1.54, 1.807) is 9.47 Å². The van der Waals surface area contributed by atoms with Crippen molar-refractivity contribution in [2.75, 3.05) is 37.5 Å². The zero-order valence-corrected chi connectivity index (χ0v) is 19.4. The molecule has 1 heterocycles. The fraction of sp³-hybridized carbons (Fsp3) is 0.320. The summed E-state index contributed by atoms with van der Waals surface area (Å²) in [6.07, 6.45) is 2.36. The van der Waals surface area contributed by atoms with Crippen LogP contribution in [0.1, 0.15) is 35.8 Å². The lowest BCUT2D eigenvalue weighted by molar-refractivity contribution is 0.0492. The van der Waals surface area contributed by atoms with Crippen LogP contribution < -0.4 is 15.5 Å². The van der Waals surface area contributed by atoms with Gasteiger partial charge >= 0.3 is 12.0 Å². The highest BCUT2D eigenvalue weighted by atomic mass is 16.5. The van der Waals surface area contributed by atoms with Crippen molar-refractivity contribution in [3.8, 4) is 5.69 Å². The van der Waals surface area contributed by atoms with Gasteiger partial charge in [0, 0.05) is 26.3 Å². The van der Waals surface area contributed by atoms with Crippen molar-refractivity contribution >= 4 is 23.8 Å². The summed E-state index contributed by atoms with van der Waals surface area (Å²) in [5.74, 6) is 0.122. The lowest BCUT2D eigenvalue weighted by atomic mass is 10.1. The van der Waals surface area contributed by atoms with Gasteiger partial charge in [-0.2, -0.15) is 4.98 Å². The molecule has 0 spiro atoms. The lowest BCUT2D eigenvalue weighted by Crippen LogP contribution is -2.31. The molecule has 33 heavy (non-hydrogen) atoms. The number of para-hydroxylation sites is 1. The van der Waals surface area contributed by atoms with Crippen molar-refractivity contribution in [3.05, 3.63) is 71.9 Å². The highest BCUT2D eigenvalue weighted by Gasteiger charge is 2.27. The van der Waals surface area contributed by atoms with E-state index in [1.165, 1.54) is 0 Å². The van der Waals surface area contributed by atoms with Gasteiger partial charge in [-0.25, -0.2) is 9.59 Å². The molecule has 2 amide bonds. The summed E-state index contributed by atoms with van der Waals surface area (Å²) in [7, 11) is 3.66. The summed E-state index contributed by atoms with van der Waals surface area (Å²) in [6.45, 7) is 2.78. The van der Waals surface area contributed by atoms with Crippen molar-refractivity contribution in [3.63, 3.8) is 0 Å². The first-order chi connectivity index (χ1) is 16.0. The van der Waals surface area contributed by atoms with Crippen molar-refractivity contribution in [1.29, 1.82) is 0 Å². The maximum absolute atomic E-state index is 13.1.